The second kappa shape index (κ2) is 5.08. The zero-order valence-electron chi connectivity index (χ0n) is 9.81. The van der Waals surface area contributed by atoms with E-state index in [1.165, 1.54) is 7.11 Å². The summed E-state index contributed by atoms with van der Waals surface area (Å²) in [6, 6.07) is 3.72. The molecule has 90 valence electrons. The molecule has 0 radical (unpaired) electrons. The summed E-state index contributed by atoms with van der Waals surface area (Å²) >= 11 is 0. The number of rotatable bonds is 2. The third kappa shape index (κ3) is 2.52. The number of esters is 1. The predicted molar refractivity (Wildman–Crippen MR) is 61.8 cm³/mol. The molecule has 0 saturated heterocycles. The van der Waals surface area contributed by atoms with Gasteiger partial charge < -0.3 is 4.74 Å². The Labute approximate surface area is 100 Å². The van der Waals surface area contributed by atoms with Crippen LogP contribution in [0.25, 0.3) is 0 Å². The number of aromatic nitrogens is 1. The van der Waals surface area contributed by atoms with Gasteiger partial charge in [-0.3, -0.25) is 4.79 Å². The maximum atomic E-state index is 11.6. The Hall–Kier alpha value is -1.71. The molecule has 0 atom stereocenters. The maximum Gasteiger partial charge on any atom is 0.356 e. The lowest BCUT2D eigenvalue weighted by Crippen LogP contribution is -2.16. The number of Topliss-reactive ketones (excluding diaryl/α,β-unsaturated/α-hetero) is 1. The van der Waals surface area contributed by atoms with E-state index in [0.29, 0.717) is 24.3 Å². The lowest BCUT2D eigenvalue weighted by Gasteiger charge is -2.22. The molecule has 1 fully saturated rings. The fraction of sp³-hybridized carbons (Fsp3) is 0.462. The summed E-state index contributed by atoms with van der Waals surface area (Å²) in [6.07, 6.45) is 4.38. The minimum atomic E-state index is -0.405. The van der Waals surface area contributed by atoms with Crippen LogP contribution in [0.2, 0.25) is 0 Å². The molecule has 0 unspecified atom stereocenters. The normalized spacial score (nSPS) is 16.9. The van der Waals surface area contributed by atoms with Gasteiger partial charge in [0.25, 0.3) is 0 Å². The minimum absolute atomic E-state index is 0.246. The standard InChI is InChI=1S/C13H15NO3/c1-17-13(16)12-11(3-2-8-14-12)9-4-6-10(15)7-5-9/h2-3,8-9H,4-7H2,1H3. The molecule has 0 N–H and O–H groups in total. The molecule has 1 heterocycles. The first kappa shape index (κ1) is 11.8. The van der Waals surface area contributed by atoms with Gasteiger partial charge in [-0.15, -0.1) is 0 Å². The second-order valence-corrected chi connectivity index (χ2v) is 4.25. The van der Waals surface area contributed by atoms with Crippen LogP contribution in [0.15, 0.2) is 18.3 Å². The first-order chi connectivity index (χ1) is 8.22. The highest BCUT2D eigenvalue weighted by molar-refractivity contribution is 5.89. The van der Waals surface area contributed by atoms with Gasteiger partial charge in [0.05, 0.1) is 7.11 Å². The van der Waals surface area contributed by atoms with E-state index in [-0.39, 0.29) is 5.92 Å². The van der Waals surface area contributed by atoms with Crippen molar-refractivity contribution in [3.05, 3.63) is 29.6 Å². The van der Waals surface area contributed by atoms with Crippen molar-refractivity contribution in [3.8, 4) is 0 Å². The molecular weight excluding hydrogens is 218 g/mol. The zero-order valence-corrected chi connectivity index (χ0v) is 9.81. The van der Waals surface area contributed by atoms with Crippen molar-refractivity contribution in [1.82, 2.24) is 4.98 Å². The molecule has 1 saturated carbocycles. The molecule has 1 aliphatic carbocycles. The smallest absolute Gasteiger partial charge is 0.356 e. The van der Waals surface area contributed by atoms with Gasteiger partial charge in [0.15, 0.2) is 5.69 Å². The highest BCUT2D eigenvalue weighted by Crippen LogP contribution is 2.32. The van der Waals surface area contributed by atoms with Crippen LogP contribution in [-0.4, -0.2) is 23.8 Å². The Morgan fingerprint density at radius 3 is 2.76 bits per heavy atom. The van der Waals surface area contributed by atoms with Crippen LogP contribution in [0.1, 0.15) is 47.7 Å². The quantitative estimate of drug-likeness (QED) is 0.734. The minimum Gasteiger partial charge on any atom is -0.464 e. The summed E-state index contributed by atoms with van der Waals surface area (Å²) in [5.74, 6) is 0.151. The molecule has 0 spiro atoms. The molecule has 0 amide bonds. The molecule has 4 heteroatoms. The van der Waals surface area contributed by atoms with Gasteiger partial charge in [0, 0.05) is 19.0 Å². The molecule has 0 aliphatic heterocycles. The molecule has 4 nitrogen and oxygen atoms in total. The molecule has 0 aromatic carbocycles. The molecule has 0 bridgehead atoms. The summed E-state index contributed by atoms with van der Waals surface area (Å²) in [7, 11) is 1.35. The molecule has 1 aromatic rings. The largest absolute Gasteiger partial charge is 0.464 e. The van der Waals surface area contributed by atoms with Gasteiger partial charge in [-0.1, -0.05) is 6.07 Å². The van der Waals surface area contributed by atoms with E-state index in [1.807, 2.05) is 12.1 Å². The first-order valence-corrected chi connectivity index (χ1v) is 5.77. The fourth-order valence-corrected chi connectivity index (χ4v) is 2.27. The van der Waals surface area contributed by atoms with Gasteiger partial charge in [0.1, 0.15) is 5.78 Å². The number of methoxy groups -OCH3 is 1. The Balaban J connectivity index is 2.25. The van der Waals surface area contributed by atoms with Crippen LogP contribution in [0, 0.1) is 0 Å². The van der Waals surface area contributed by atoms with Gasteiger partial charge >= 0.3 is 5.97 Å². The van der Waals surface area contributed by atoms with E-state index in [9.17, 15) is 9.59 Å². The van der Waals surface area contributed by atoms with Crippen molar-refractivity contribution >= 4 is 11.8 Å². The van der Waals surface area contributed by atoms with Crippen molar-refractivity contribution in [2.75, 3.05) is 7.11 Å². The van der Waals surface area contributed by atoms with E-state index in [0.717, 1.165) is 18.4 Å². The van der Waals surface area contributed by atoms with E-state index in [1.54, 1.807) is 6.20 Å². The first-order valence-electron chi connectivity index (χ1n) is 5.77. The average molecular weight is 233 g/mol. The zero-order chi connectivity index (χ0) is 12.3. The SMILES string of the molecule is COC(=O)c1ncccc1C1CCC(=O)CC1. The Bertz CT molecular complexity index is 432. The van der Waals surface area contributed by atoms with Crippen LogP contribution in [0.5, 0.6) is 0 Å². The van der Waals surface area contributed by atoms with Gasteiger partial charge in [-0.2, -0.15) is 0 Å². The third-order valence-electron chi connectivity index (χ3n) is 3.20. The van der Waals surface area contributed by atoms with Gasteiger partial charge in [-0.05, 0) is 30.4 Å². The van der Waals surface area contributed by atoms with Crippen molar-refractivity contribution in [2.45, 2.75) is 31.6 Å². The number of carbonyl (C=O) groups excluding carboxylic acids is 2. The molecule has 17 heavy (non-hydrogen) atoms. The summed E-state index contributed by atoms with van der Waals surface area (Å²) in [4.78, 5) is 26.9. The van der Waals surface area contributed by atoms with E-state index in [2.05, 4.69) is 4.98 Å². The van der Waals surface area contributed by atoms with Crippen LogP contribution >= 0.6 is 0 Å². The third-order valence-corrected chi connectivity index (χ3v) is 3.20. The van der Waals surface area contributed by atoms with Crippen LogP contribution < -0.4 is 0 Å². The molecule has 2 rings (SSSR count). The second-order valence-electron chi connectivity index (χ2n) is 4.25. The lowest BCUT2D eigenvalue weighted by atomic mass is 9.83. The average Bonchev–Trinajstić information content (AvgIpc) is 2.39. The van der Waals surface area contributed by atoms with Gasteiger partial charge in [0.2, 0.25) is 0 Å². The maximum absolute atomic E-state index is 11.6. The van der Waals surface area contributed by atoms with Crippen molar-refractivity contribution in [3.63, 3.8) is 0 Å². The number of nitrogens with zero attached hydrogens (tertiary/aromatic N) is 1. The molecule has 1 aromatic heterocycles. The Morgan fingerprint density at radius 2 is 2.12 bits per heavy atom. The van der Waals surface area contributed by atoms with Crippen LogP contribution in [-0.2, 0) is 9.53 Å². The number of ether oxygens (including phenoxy) is 1. The van der Waals surface area contributed by atoms with E-state index < -0.39 is 5.97 Å². The Morgan fingerprint density at radius 1 is 1.41 bits per heavy atom. The highest BCUT2D eigenvalue weighted by atomic mass is 16.5. The molecular formula is C13H15NO3. The predicted octanol–water partition coefficient (Wildman–Crippen LogP) is 2.09. The van der Waals surface area contributed by atoms with Crippen LogP contribution in [0.4, 0.5) is 0 Å². The number of pyridine rings is 1. The molecule has 1 aliphatic rings. The topological polar surface area (TPSA) is 56.3 Å². The summed E-state index contributed by atoms with van der Waals surface area (Å²) in [6.45, 7) is 0. The number of carbonyl (C=O) groups is 2. The van der Waals surface area contributed by atoms with Crippen molar-refractivity contribution < 1.29 is 14.3 Å². The van der Waals surface area contributed by atoms with Crippen molar-refractivity contribution in [1.29, 1.82) is 0 Å². The Kier molecular flexibility index (Phi) is 3.52. The number of ketones is 1. The number of hydrogen-bond acceptors (Lipinski definition) is 4. The van der Waals surface area contributed by atoms with E-state index >= 15 is 0 Å². The number of hydrogen-bond donors (Lipinski definition) is 0. The lowest BCUT2D eigenvalue weighted by molar-refractivity contribution is -0.120. The van der Waals surface area contributed by atoms with Crippen LogP contribution in [0.3, 0.4) is 0 Å². The summed E-state index contributed by atoms with van der Waals surface area (Å²) in [5.41, 5.74) is 1.29. The fourth-order valence-electron chi connectivity index (χ4n) is 2.27. The summed E-state index contributed by atoms with van der Waals surface area (Å²) < 4.78 is 4.72. The highest BCUT2D eigenvalue weighted by Gasteiger charge is 2.25. The van der Waals surface area contributed by atoms with Crippen molar-refractivity contribution in [2.24, 2.45) is 0 Å². The monoisotopic (exact) mass is 233 g/mol. The summed E-state index contributed by atoms with van der Waals surface area (Å²) in [5, 5.41) is 0. The van der Waals surface area contributed by atoms with Gasteiger partial charge in [-0.25, -0.2) is 9.78 Å². The van der Waals surface area contributed by atoms with E-state index in [4.69, 9.17) is 4.74 Å².